The van der Waals surface area contributed by atoms with Gasteiger partial charge in [-0.3, -0.25) is 0 Å². The summed E-state index contributed by atoms with van der Waals surface area (Å²) in [6.45, 7) is 0.468. The SMILES string of the molecule is Cn1c2ccccc2c2ccc(C(N)CN)cc21. The average molecular weight is 239 g/mol. The third-order valence-electron chi connectivity index (χ3n) is 3.62. The smallest absolute Gasteiger partial charge is 0.0492 e. The molecular weight excluding hydrogens is 222 g/mol. The van der Waals surface area contributed by atoms with Crippen LogP contribution in [0.2, 0.25) is 0 Å². The first-order valence-electron chi connectivity index (χ1n) is 6.15. The topological polar surface area (TPSA) is 57.0 Å². The molecule has 0 aliphatic heterocycles. The summed E-state index contributed by atoms with van der Waals surface area (Å²) in [5.74, 6) is 0. The number of para-hydroxylation sites is 1. The summed E-state index contributed by atoms with van der Waals surface area (Å²) in [7, 11) is 2.09. The van der Waals surface area contributed by atoms with Crippen LogP contribution in [0.4, 0.5) is 0 Å². The fourth-order valence-corrected chi connectivity index (χ4v) is 2.54. The molecule has 0 fully saturated rings. The lowest BCUT2D eigenvalue weighted by Crippen LogP contribution is -2.20. The Labute approximate surface area is 106 Å². The molecule has 0 aliphatic carbocycles. The molecule has 1 atom stereocenters. The van der Waals surface area contributed by atoms with Gasteiger partial charge in [0.25, 0.3) is 0 Å². The van der Waals surface area contributed by atoms with E-state index in [-0.39, 0.29) is 6.04 Å². The number of nitrogens with zero attached hydrogens (tertiary/aromatic N) is 1. The molecule has 1 unspecified atom stereocenters. The van der Waals surface area contributed by atoms with Gasteiger partial charge >= 0.3 is 0 Å². The van der Waals surface area contributed by atoms with Crippen LogP contribution >= 0.6 is 0 Å². The maximum Gasteiger partial charge on any atom is 0.0492 e. The van der Waals surface area contributed by atoms with Gasteiger partial charge in [0.2, 0.25) is 0 Å². The first-order valence-corrected chi connectivity index (χ1v) is 6.15. The van der Waals surface area contributed by atoms with Crippen LogP contribution in [0.5, 0.6) is 0 Å². The van der Waals surface area contributed by atoms with Gasteiger partial charge in [0.1, 0.15) is 0 Å². The quantitative estimate of drug-likeness (QED) is 0.721. The molecule has 0 aliphatic rings. The second-order valence-electron chi connectivity index (χ2n) is 4.69. The first-order chi connectivity index (χ1) is 8.72. The van der Waals surface area contributed by atoms with Gasteiger partial charge in [-0.1, -0.05) is 30.3 Å². The average Bonchev–Trinajstić information content (AvgIpc) is 2.72. The molecule has 18 heavy (non-hydrogen) atoms. The van der Waals surface area contributed by atoms with Crippen LogP contribution in [0.1, 0.15) is 11.6 Å². The van der Waals surface area contributed by atoms with E-state index in [1.54, 1.807) is 0 Å². The number of hydrogen-bond acceptors (Lipinski definition) is 2. The minimum Gasteiger partial charge on any atom is -0.344 e. The molecule has 3 heteroatoms. The predicted molar refractivity (Wildman–Crippen MR) is 76.4 cm³/mol. The van der Waals surface area contributed by atoms with Gasteiger partial charge in [0.05, 0.1) is 0 Å². The normalized spacial score (nSPS) is 13.3. The molecule has 0 amide bonds. The highest BCUT2D eigenvalue weighted by atomic mass is 14.9. The Hall–Kier alpha value is -1.84. The maximum absolute atomic E-state index is 6.00. The van der Waals surface area contributed by atoms with E-state index >= 15 is 0 Å². The van der Waals surface area contributed by atoms with E-state index in [0.29, 0.717) is 6.54 Å². The van der Waals surface area contributed by atoms with Crippen LogP contribution in [0, 0.1) is 0 Å². The predicted octanol–water partition coefficient (Wildman–Crippen LogP) is 2.29. The molecule has 0 saturated carbocycles. The van der Waals surface area contributed by atoms with E-state index < -0.39 is 0 Å². The second-order valence-corrected chi connectivity index (χ2v) is 4.69. The summed E-state index contributed by atoms with van der Waals surface area (Å²) in [4.78, 5) is 0. The molecule has 0 spiro atoms. The molecule has 92 valence electrons. The molecule has 0 saturated heterocycles. The van der Waals surface area contributed by atoms with Crippen molar-refractivity contribution in [2.75, 3.05) is 6.54 Å². The molecule has 3 aromatic rings. The lowest BCUT2D eigenvalue weighted by molar-refractivity contribution is 0.737. The Morgan fingerprint density at radius 1 is 1.06 bits per heavy atom. The van der Waals surface area contributed by atoms with E-state index in [0.717, 1.165) is 5.56 Å². The lowest BCUT2D eigenvalue weighted by atomic mass is 10.0. The van der Waals surface area contributed by atoms with Crippen LogP contribution in [0.25, 0.3) is 21.8 Å². The van der Waals surface area contributed by atoms with Crippen LogP contribution in [-0.4, -0.2) is 11.1 Å². The van der Waals surface area contributed by atoms with Crippen LogP contribution in [0.15, 0.2) is 42.5 Å². The molecule has 3 rings (SSSR count). The fraction of sp³-hybridized carbons (Fsp3) is 0.200. The Bertz CT molecular complexity index is 712. The lowest BCUT2D eigenvalue weighted by Gasteiger charge is -2.09. The molecule has 0 radical (unpaired) electrons. The van der Waals surface area contributed by atoms with Crippen molar-refractivity contribution in [1.29, 1.82) is 0 Å². The molecule has 2 aromatic carbocycles. The first kappa shape index (κ1) is 11.3. The maximum atomic E-state index is 6.00. The number of aromatic nitrogens is 1. The van der Waals surface area contributed by atoms with Gasteiger partial charge < -0.3 is 16.0 Å². The number of aryl methyl sites for hydroxylation is 1. The van der Waals surface area contributed by atoms with E-state index in [4.69, 9.17) is 11.5 Å². The number of benzene rings is 2. The fourth-order valence-electron chi connectivity index (χ4n) is 2.54. The summed E-state index contributed by atoms with van der Waals surface area (Å²) < 4.78 is 2.21. The van der Waals surface area contributed by atoms with Crippen LogP contribution in [0.3, 0.4) is 0 Å². The van der Waals surface area contributed by atoms with Crippen molar-refractivity contribution in [2.24, 2.45) is 18.5 Å². The highest BCUT2D eigenvalue weighted by Crippen LogP contribution is 2.29. The summed E-state index contributed by atoms with van der Waals surface area (Å²) >= 11 is 0. The van der Waals surface area contributed by atoms with Gasteiger partial charge in [-0.15, -0.1) is 0 Å². The summed E-state index contributed by atoms with van der Waals surface area (Å²) in [5, 5.41) is 2.55. The zero-order valence-electron chi connectivity index (χ0n) is 10.4. The molecule has 1 heterocycles. The molecule has 1 aromatic heterocycles. The number of rotatable bonds is 2. The minimum absolute atomic E-state index is 0.0904. The van der Waals surface area contributed by atoms with E-state index in [1.165, 1.54) is 21.8 Å². The van der Waals surface area contributed by atoms with Crippen molar-refractivity contribution >= 4 is 21.8 Å². The van der Waals surface area contributed by atoms with Gasteiger partial charge in [-0.2, -0.15) is 0 Å². The van der Waals surface area contributed by atoms with Crippen molar-refractivity contribution in [3.05, 3.63) is 48.0 Å². The third-order valence-corrected chi connectivity index (χ3v) is 3.62. The zero-order chi connectivity index (χ0) is 12.7. The van der Waals surface area contributed by atoms with E-state index in [2.05, 4.69) is 54.1 Å². The van der Waals surface area contributed by atoms with Gasteiger partial charge in [-0.25, -0.2) is 0 Å². The Balaban J connectivity index is 2.35. The van der Waals surface area contributed by atoms with E-state index in [1.807, 2.05) is 0 Å². The minimum atomic E-state index is -0.0904. The Kier molecular flexibility index (Phi) is 2.58. The van der Waals surface area contributed by atoms with Gasteiger partial charge in [-0.05, 0) is 17.7 Å². The monoisotopic (exact) mass is 239 g/mol. The third kappa shape index (κ3) is 1.52. The standard InChI is InChI=1S/C15H17N3/c1-18-14-5-3-2-4-11(14)12-7-6-10(8-15(12)18)13(17)9-16/h2-8,13H,9,16-17H2,1H3. The largest absolute Gasteiger partial charge is 0.344 e. The molecule has 4 N–H and O–H groups in total. The van der Waals surface area contributed by atoms with Crippen molar-refractivity contribution < 1.29 is 0 Å². The zero-order valence-corrected chi connectivity index (χ0v) is 10.4. The molecule has 0 bridgehead atoms. The summed E-state index contributed by atoms with van der Waals surface area (Å²) in [6, 6.07) is 14.7. The van der Waals surface area contributed by atoms with Gasteiger partial charge in [0.15, 0.2) is 0 Å². The molecular formula is C15H17N3. The second kappa shape index (κ2) is 4.12. The molecule has 3 nitrogen and oxygen atoms in total. The van der Waals surface area contributed by atoms with Crippen molar-refractivity contribution in [3.63, 3.8) is 0 Å². The van der Waals surface area contributed by atoms with Crippen molar-refractivity contribution in [1.82, 2.24) is 4.57 Å². The summed E-state index contributed by atoms with van der Waals surface area (Å²) in [5.41, 5.74) is 15.2. The number of fused-ring (bicyclic) bond motifs is 3. The van der Waals surface area contributed by atoms with Crippen LogP contribution in [-0.2, 0) is 7.05 Å². The summed E-state index contributed by atoms with van der Waals surface area (Å²) in [6.07, 6.45) is 0. The Morgan fingerprint density at radius 3 is 2.56 bits per heavy atom. The van der Waals surface area contributed by atoms with Gasteiger partial charge in [0, 0.05) is 41.4 Å². The van der Waals surface area contributed by atoms with Crippen molar-refractivity contribution in [2.45, 2.75) is 6.04 Å². The Morgan fingerprint density at radius 2 is 1.78 bits per heavy atom. The number of nitrogens with two attached hydrogens (primary N) is 2. The number of hydrogen-bond donors (Lipinski definition) is 2. The highest BCUT2D eigenvalue weighted by molar-refractivity contribution is 6.08. The van der Waals surface area contributed by atoms with Crippen LogP contribution < -0.4 is 11.5 Å². The highest BCUT2D eigenvalue weighted by Gasteiger charge is 2.10. The van der Waals surface area contributed by atoms with E-state index in [9.17, 15) is 0 Å². The van der Waals surface area contributed by atoms with Crippen molar-refractivity contribution in [3.8, 4) is 0 Å².